The molecule has 0 aliphatic heterocycles. The molecule has 21 heavy (non-hydrogen) atoms. The fourth-order valence-corrected chi connectivity index (χ4v) is 2.14. The molecule has 8 heteroatoms. The molecule has 1 N–H and O–H groups in total. The van der Waals surface area contributed by atoms with E-state index < -0.39 is 0 Å². The lowest BCUT2D eigenvalue weighted by molar-refractivity contribution is 0.0938. The minimum Gasteiger partial charge on any atom is -0.468 e. The summed E-state index contributed by atoms with van der Waals surface area (Å²) in [5.41, 5.74) is 0.189. The number of rotatable bonds is 5. The summed E-state index contributed by atoms with van der Waals surface area (Å²) < 4.78 is 5.38. The Hall–Kier alpha value is -1.63. The summed E-state index contributed by atoms with van der Waals surface area (Å²) in [4.78, 5) is 14.1. The van der Waals surface area contributed by atoms with E-state index in [9.17, 15) is 4.79 Å². The molecule has 0 spiro atoms. The van der Waals surface area contributed by atoms with Gasteiger partial charge in [0, 0.05) is 6.54 Å². The number of nitrogens with zero attached hydrogens (tertiary/aromatic N) is 3. The van der Waals surface area contributed by atoms with Crippen LogP contribution in [-0.2, 0) is 0 Å². The second kappa shape index (κ2) is 6.89. The molecule has 1 atom stereocenters. The topological polar surface area (TPSA) is 71.3 Å². The van der Waals surface area contributed by atoms with Gasteiger partial charge in [0.05, 0.1) is 17.9 Å². The Morgan fingerprint density at radius 2 is 2.19 bits per heavy atom. The summed E-state index contributed by atoms with van der Waals surface area (Å²) in [5.74, 6) is 0.396. The van der Waals surface area contributed by atoms with Crippen molar-refractivity contribution in [3.63, 3.8) is 0 Å². The first-order chi connectivity index (χ1) is 9.99. The van der Waals surface area contributed by atoms with Crippen molar-refractivity contribution in [3.05, 3.63) is 46.1 Å². The van der Waals surface area contributed by atoms with Crippen LogP contribution in [0.15, 0.2) is 28.9 Å². The predicted molar refractivity (Wildman–Crippen MR) is 79.5 cm³/mol. The number of furan rings is 1. The maximum atomic E-state index is 12.1. The van der Waals surface area contributed by atoms with Gasteiger partial charge < -0.3 is 9.73 Å². The molecular formula is C13H14Cl2N4O2. The maximum Gasteiger partial charge on any atom is 0.254 e. The SMILES string of the molecule is CN(C)C(CNC(=O)c1cc(Cl)nnc1Cl)c1ccco1. The number of hydrogen-bond donors (Lipinski definition) is 1. The first-order valence-electron chi connectivity index (χ1n) is 6.15. The normalized spacial score (nSPS) is 12.4. The van der Waals surface area contributed by atoms with Crippen molar-refractivity contribution < 1.29 is 9.21 Å². The van der Waals surface area contributed by atoms with Crippen molar-refractivity contribution >= 4 is 29.1 Å². The van der Waals surface area contributed by atoms with Crippen LogP contribution in [0.3, 0.4) is 0 Å². The van der Waals surface area contributed by atoms with Crippen molar-refractivity contribution in [1.82, 2.24) is 20.4 Å². The fraction of sp³-hybridized carbons (Fsp3) is 0.308. The third kappa shape index (κ3) is 3.93. The van der Waals surface area contributed by atoms with Gasteiger partial charge in [-0.05, 0) is 32.3 Å². The van der Waals surface area contributed by atoms with Crippen molar-refractivity contribution in [2.75, 3.05) is 20.6 Å². The standard InChI is InChI=1S/C13H14Cl2N4O2/c1-19(2)9(10-4-3-5-21-10)7-16-13(20)8-6-11(14)17-18-12(8)15/h3-6,9H,7H2,1-2H3,(H,16,20). The van der Waals surface area contributed by atoms with Crippen LogP contribution in [-0.4, -0.2) is 41.6 Å². The molecule has 2 aromatic heterocycles. The van der Waals surface area contributed by atoms with Gasteiger partial charge in [-0.25, -0.2) is 0 Å². The van der Waals surface area contributed by atoms with Gasteiger partial charge in [-0.1, -0.05) is 23.2 Å². The molecule has 112 valence electrons. The molecule has 0 saturated carbocycles. The van der Waals surface area contributed by atoms with Gasteiger partial charge in [0.15, 0.2) is 10.3 Å². The van der Waals surface area contributed by atoms with E-state index in [0.29, 0.717) is 6.54 Å². The van der Waals surface area contributed by atoms with Crippen molar-refractivity contribution in [2.45, 2.75) is 6.04 Å². The summed E-state index contributed by atoms with van der Waals surface area (Å²) >= 11 is 11.6. The largest absolute Gasteiger partial charge is 0.468 e. The molecule has 1 amide bonds. The highest BCUT2D eigenvalue weighted by Gasteiger charge is 2.19. The predicted octanol–water partition coefficient (Wildman–Crippen LogP) is 2.41. The highest BCUT2D eigenvalue weighted by Crippen LogP contribution is 2.19. The van der Waals surface area contributed by atoms with Crippen LogP contribution < -0.4 is 5.32 Å². The fourth-order valence-electron chi connectivity index (χ4n) is 1.82. The molecular weight excluding hydrogens is 315 g/mol. The number of likely N-dealkylation sites (N-methyl/N-ethyl adjacent to an activating group) is 1. The van der Waals surface area contributed by atoms with E-state index >= 15 is 0 Å². The molecule has 0 fully saturated rings. The Morgan fingerprint density at radius 1 is 1.43 bits per heavy atom. The molecule has 0 bridgehead atoms. The van der Waals surface area contributed by atoms with Crippen molar-refractivity contribution in [2.24, 2.45) is 0 Å². The van der Waals surface area contributed by atoms with E-state index in [1.807, 2.05) is 25.1 Å². The monoisotopic (exact) mass is 328 g/mol. The Balaban J connectivity index is 2.07. The highest BCUT2D eigenvalue weighted by atomic mass is 35.5. The van der Waals surface area contributed by atoms with E-state index in [4.69, 9.17) is 27.6 Å². The lowest BCUT2D eigenvalue weighted by atomic mass is 10.2. The van der Waals surface area contributed by atoms with E-state index in [1.165, 1.54) is 6.07 Å². The van der Waals surface area contributed by atoms with Gasteiger partial charge in [-0.2, -0.15) is 0 Å². The molecule has 0 aliphatic rings. The molecule has 6 nitrogen and oxygen atoms in total. The zero-order chi connectivity index (χ0) is 15.4. The zero-order valence-electron chi connectivity index (χ0n) is 11.5. The number of aromatic nitrogens is 2. The van der Waals surface area contributed by atoms with E-state index in [1.54, 1.807) is 12.3 Å². The zero-order valence-corrected chi connectivity index (χ0v) is 13.0. The van der Waals surface area contributed by atoms with E-state index in [0.717, 1.165) is 5.76 Å². The quantitative estimate of drug-likeness (QED) is 0.912. The lowest BCUT2D eigenvalue weighted by Crippen LogP contribution is -2.34. The second-order valence-electron chi connectivity index (χ2n) is 4.58. The van der Waals surface area contributed by atoms with Gasteiger partial charge in [-0.15, -0.1) is 10.2 Å². The Morgan fingerprint density at radius 3 is 2.81 bits per heavy atom. The number of halogens is 2. The van der Waals surface area contributed by atoms with Crippen LogP contribution in [0.2, 0.25) is 10.3 Å². The number of amides is 1. The Labute approximate surface area is 132 Å². The molecule has 2 rings (SSSR count). The van der Waals surface area contributed by atoms with Crippen molar-refractivity contribution in [1.29, 1.82) is 0 Å². The summed E-state index contributed by atoms with van der Waals surface area (Å²) in [6.45, 7) is 0.357. The third-order valence-electron chi connectivity index (χ3n) is 2.91. The summed E-state index contributed by atoms with van der Waals surface area (Å²) in [5, 5.41) is 10.1. The molecule has 1 unspecified atom stereocenters. The molecule has 0 saturated heterocycles. The minimum atomic E-state index is -0.366. The van der Waals surface area contributed by atoms with Crippen LogP contribution >= 0.6 is 23.2 Å². The average molecular weight is 329 g/mol. The third-order valence-corrected chi connectivity index (χ3v) is 3.38. The Kier molecular flexibility index (Phi) is 5.17. The van der Waals surface area contributed by atoms with Crippen LogP contribution in [0.25, 0.3) is 0 Å². The lowest BCUT2D eigenvalue weighted by Gasteiger charge is -2.22. The van der Waals surface area contributed by atoms with Gasteiger partial charge in [0.25, 0.3) is 5.91 Å². The first-order valence-corrected chi connectivity index (χ1v) is 6.91. The maximum absolute atomic E-state index is 12.1. The summed E-state index contributed by atoms with van der Waals surface area (Å²) in [6, 6.07) is 4.95. The van der Waals surface area contributed by atoms with Gasteiger partial charge in [0.2, 0.25) is 0 Å². The summed E-state index contributed by atoms with van der Waals surface area (Å²) in [6.07, 6.45) is 1.59. The van der Waals surface area contributed by atoms with Crippen LogP contribution in [0.5, 0.6) is 0 Å². The number of hydrogen-bond acceptors (Lipinski definition) is 5. The average Bonchev–Trinajstić information content (AvgIpc) is 2.95. The van der Waals surface area contributed by atoms with Crippen LogP contribution in [0.1, 0.15) is 22.2 Å². The molecule has 0 aromatic carbocycles. The number of carbonyl (C=O) groups excluding carboxylic acids is 1. The second-order valence-corrected chi connectivity index (χ2v) is 5.32. The van der Waals surface area contributed by atoms with E-state index in [-0.39, 0.29) is 27.8 Å². The summed E-state index contributed by atoms with van der Waals surface area (Å²) in [7, 11) is 3.80. The minimum absolute atomic E-state index is 0.0105. The molecule has 0 aliphatic carbocycles. The number of carbonyl (C=O) groups is 1. The van der Waals surface area contributed by atoms with Crippen molar-refractivity contribution in [3.8, 4) is 0 Å². The molecule has 2 heterocycles. The van der Waals surface area contributed by atoms with Gasteiger partial charge in [0.1, 0.15) is 5.76 Å². The van der Waals surface area contributed by atoms with Crippen LogP contribution in [0, 0.1) is 0 Å². The Bertz CT molecular complexity index is 617. The smallest absolute Gasteiger partial charge is 0.254 e. The van der Waals surface area contributed by atoms with Crippen LogP contribution in [0.4, 0.5) is 0 Å². The first kappa shape index (κ1) is 15.8. The molecule has 0 radical (unpaired) electrons. The van der Waals surface area contributed by atoms with E-state index in [2.05, 4.69) is 15.5 Å². The van der Waals surface area contributed by atoms with Gasteiger partial charge in [-0.3, -0.25) is 9.69 Å². The number of nitrogens with one attached hydrogen (secondary N) is 1. The highest BCUT2D eigenvalue weighted by molar-refractivity contribution is 6.34. The van der Waals surface area contributed by atoms with Gasteiger partial charge >= 0.3 is 0 Å². The molecule has 2 aromatic rings.